The zero-order valence-corrected chi connectivity index (χ0v) is 14.6. The first-order valence-electron chi connectivity index (χ1n) is 8.96. The van der Waals surface area contributed by atoms with E-state index in [-0.39, 0.29) is 23.3 Å². The summed E-state index contributed by atoms with van der Waals surface area (Å²) in [6, 6.07) is 6.18. The van der Waals surface area contributed by atoms with Gasteiger partial charge in [-0.2, -0.15) is 0 Å². The zero-order valence-electron chi connectivity index (χ0n) is 14.6. The Bertz CT molecular complexity index is 672. The first-order chi connectivity index (χ1) is 12.5. The molecule has 0 spiro atoms. The van der Waals surface area contributed by atoms with E-state index < -0.39 is 11.0 Å². The molecule has 1 atom stereocenters. The molecule has 3 rings (SSSR count). The van der Waals surface area contributed by atoms with Gasteiger partial charge in [0.25, 0.3) is 5.69 Å². The van der Waals surface area contributed by atoms with Gasteiger partial charge in [-0.15, -0.1) is 0 Å². The molecule has 1 aliphatic carbocycles. The first-order valence-corrected chi connectivity index (χ1v) is 8.96. The van der Waals surface area contributed by atoms with Gasteiger partial charge < -0.3 is 15.0 Å². The molecule has 1 saturated heterocycles. The van der Waals surface area contributed by atoms with E-state index in [1.807, 2.05) is 0 Å². The van der Waals surface area contributed by atoms with E-state index in [1.54, 1.807) is 17.0 Å². The van der Waals surface area contributed by atoms with Gasteiger partial charge in [-0.25, -0.2) is 0 Å². The molecule has 26 heavy (non-hydrogen) atoms. The number of nitrogens with one attached hydrogen (secondary N) is 1. The third-order valence-electron chi connectivity index (χ3n) is 4.69. The Morgan fingerprint density at radius 2 is 2.00 bits per heavy atom. The molecular formula is C18H23N3O5. The maximum absolute atomic E-state index is 12.3. The van der Waals surface area contributed by atoms with E-state index in [2.05, 4.69) is 5.32 Å². The van der Waals surface area contributed by atoms with E-state index in [0.717, 1.165) is 18.5 Å². The molecule has 1 aliphatic heterocycles. The van der Waals surface area contributed by atoms with Gasteiger partial charge in [0.1, 0.15) is 6.10 Å². The average Bonchev–Trinajstić information content (AvgIpc) is 3.50. The highest BCUT2D eigenvalue weighted by Crippen LogP contribution is 2.32. The maximum Gasteiger partial charge on any atom is 0.269 e. The van der Waals surface area contributed by atoms with E-state index in [1.165, 1.54) is 12.1 Å². The van der Waals surface area contributed by atoms with Crippen molar-refractivity contribution in [1.29, 1.82) is 0 Å². The number of carbonyl (C=O) groups is 2. The number of carbonyl (C=O) groups excluding carboxylic acids is 2. The van der Waals surface area contributed by atoms with Crippen molar-refractivity contribution in [3.63, 3.8) is 0 Å². The number of nitrogens with zero attached hydrogens (tertiary/aromatic N) is 2. The van der Waals surface area contributed by atoms with Gasteiger partial charge in [0.05, 0.1) is 18.1 Å². The molecule has 2 aliphatic rings. The predicted octanol–water partition coefficient (Wildman–Crippen LogP) is 1.99. The second kappa shape index (κ2) is 8.27. The van der Waals surface area contributed by atoms with Crippen molar-refractivity contribution in [3.05, 3.63) is 34.4 Å². The molecule has 8 nitrogen and oxygen atoms in total. The summed E-state index contributed by atoms with van der Waals surface area (Å²) in [6.45, 7) is 1.90. The fourth-order valence-corrected chi connectivity index (χ4v) is 3.01. The van der Waals surface area contributed by atoms with E-state index >= 15 is 0 Å². The molecular weight excluding hydrogens is 338 g/mol. The second-order valence-corrected chi connectivity index (χ2v) is 6.71. The number of hydrogen-bond donors (Lipinski definition) is 1. The summed E-state index contributed by atoms with van der Waals surface area (Å²) in [5, 5.41) is 13.8. The van der Waals surface area contributed by atoms with Crippen molar-refractivity contribution in [1.82, 2.24) is 4.90 Å². The minimum Gasteiger partial charge on any atom is -0.385 e. The number of hydrogen-bond acceptors (Lipinski definition) is 6. The molecule has 0 aromatic heterocycles. The molecule has 2 fully saturated rings. The molecule has 1 amide bonds. The van der Waals surface area contributed by atoms with Crippen LogP contribution in [-0.2, 0) is 14.3 Å². The van der Waals surface area contributed by atoms with Crippen LogP contribution in [0.2, 0.25) is 0 Å². The Balaban J connectivity index is 1.38. The fraction of sp³-hybridized carbons (Fsp3) is 0.556. The van der Waals surface area contributed by atoms with E-state index in [0.29, 0.717) is 39.1 Å². The van der Waals surface area contributed by atoms with Crippen molar-refractivity contribution >= 4 is 23.1 Å². The monoisotopic (exact) mass is 361 g/mol. The lowest BCUT2D eigenvalue weighted by molar-refractivity contribution is -0.384. The van der Waals surface area contributed by atoms with Gasteiger partial charge >= 0.3 is 0 Å². The van der Waals surface area contributed by atoms with Crippen LogP contribution in [0.25, 0.3) is 0 Å². The lowest BCUT2D eigenvalue weighted by atomic mass is 10.1. The summed E-state index contributed by atoms with van der Waals surface area (Å²) in [6.07, 6.45) is 2.47. The van der Waals surface area contributed by atoms with Crippen molar-refractivity contribution in [2.45, 2.75) is 31.8 Å². The number of Topliss-reactive ketones (excluding diaryl/α,β-unsaturated/α-hetero) is 1. The van der Waals surface area contributed by atoms with E-state index in [9.17, 15) is 19.7 Å². The molecule has 0 bridgehead atoms. The third-order valence-corrected chi connectivity index (χ3v) is 4.69. The minimum atomic E-state index is -0.460. The quantitative estimate of drug-likeness (QED) is 0.432. The maximum atomic E-state index is 12.3. The van der Waals surface area contributed by atoms with Crippen LogP contribution in [0.5, 0.6) is 0 Å². The number of non-ortho nitro benzene ring substituents is 1. The summed E-state index contributed by atoms with van der Waals surface area (Å²) in [5.41, 5.74) is 0.831. The molecule has 1 unspecified atom stereocenters. The van der Waals surface area contributed by atoms with Gasteiger partial charge in [0.2, 0.25) is 5.91 Å². The lowest BCUT2D eigenvalue weighted by Gasteiger charge is -2.32. The van der Waals surface area contributed by atoms with Gasteiger partial charge in [0.15, 0.2) is 5.78 Å². The van der Waals surface area contributed by atoms with Gasteiger partial charge in [-0.05, 0) is 31.4 Å². The Morgan fingerprint density at radius 3 is 2.65 bits per heavy atom. The number of morpholine rings is 1. The Morgan fingerprint density at radius 1 is 1.27 bits per heavy atom. The smallest absolute Gasteiger partial charge is 0.269 e. The lowest BCUT2D eigenvalue weighted by Crippen LogP contribution is -2.49. The molecule has 1 saturated carbocycles. The highest BCUT2D eigenvalue weighted by Gasteiger charge is 2.38. The zero-order chi connectivity index (χ0) is 18.5. The summed E-state index contributed by atoms with van der Waals surface area (Å²) in [5.74, 6) is 0.315. The number of benzene rings is 1. The number of nitro groups is 1. The summed E-state index contributed by atoms with van der Waals surface area (Å²) < 4.78 is 5.53. The van der Waals surface area contributed by atoms with Crippen LogP contribution in [-0.4, -0.2) is 53.9 Å². The molecule has 8 heteroatoms. The number of amides is 1. The van der Waals surface area contributed by atoms with Crippen LogP contribution in [0.3, 0.4) is 0 Å². The fourth-order valence-electron chi connectivity index (χ4n) is 3.01. The molecule has 1 aromatic carbocycles. The highest BCUT2D eigenvalue weighted by atomic mass is 16.6. The summed E-state index contributed by atoms with van der Waals surface area (Å²) in [7, 11) is 0. The molecule has 1 aromatic rings. The van der Waals surface area contributed by atoms with Gasteiger partial charge in [0, 0.05) is 43.2 Å². The molecule has 0 radical (unpaired) electrons. The van der Waals surface area contributed by atoms with Crippen LogP contribution in [0.4, 0.5) is 11.4 Å². The van der Waals surface area contributed by atoms with Crippen LogP contribution in [0.1, 0.15) is 25.7 Å². The number of anilines is 1. The molecule has 1 heterocycles. The normalized spacial score (nSPS) is 19.8. The van der Waals surface area contributed by atoms with E-state index in [4.69, 9.17) is 4.74 Å². The van der Waals surface area contributed by atoms with Gasteiger partial charge in [-0.3, -0.25) is 19.7 Å². The van der Waals surface area contributed by atoms with Crippen LogP contribution in [0.15, 0.2) is 24.3 Å². The number of rotatable bonds is 8. The SMILES string of the molecule is O=C(C1CC1)C1CN(C(=O)CCCNc2ccc([N+](=O)[O-])cc2)CCO1. The summed E-state index contributed by atoms with van der Waals surface area (Å²) in [4.78, 5) is 36.3. The summed E-state index contributed by atoms with van der Waals surface area (Å²) >= 11 is 0. The minimum absolute atomic E-state index is 0.0346. The predicted molar refractivity (Wildman–Crippen MR) is 94.9 cm³/mol. The molecule has 140 valence electrons. The van der Waals surface area contributed by atoms with Gasteiger partial charge in [-0.1, -0.05) is 0 Å². The number of ketones is 1. The topological polar surface area (TPSA) is 102 Å². The van der Waals surface area contributed by atoms with Crippen molar-refractivity contribution < 1.29 is 19.2 Å². The standard InChI is InChI=1S/C18H23N3O5/c22-17(20-10-11-26-16(12-20)18(23)13-3-4-13)2-1-9-19-14-5-7-15(8-6-14)21(24)25/h5-8,13,16,19H,1-4,9-12H2. The largest absolute Gasteiger partial charge is 0.385 e. The third kappa shape index (κ3) is 4.78. The number of ether oxygens (including phenoxy) is 1. The average molecular weight is 361 g/mol. The van der Waals surface area contributed by atoms with Crippen molar-refractivity contribution in [2.75, 3.05) is 31.6 Å². The van der Waals surface area contributed by atoms with Crippen LogP contribution in [0, 0.1) is 16.0 Å². The molecule has 1 N–H and O–H groups in total. The van der Waals surface area contributed by atoms with Crippen molar-refractivity contribution in [3.8, 4) is 0 Å². The van der Waals surface area contributed by atoms with Crippen LogP contribution >= 0.6 is 0 Å². The Kier molecular flexibility index (Phi) is 5.82. The van der Waals surface area contributed by atoms with Crippen molar-refractivity contribution in [2.24, 2.45) is 5.92 Å². The van der Waals surface area contributed by atoms with Crippen LogP contribution < -0.4 is 5.32 Å². The first kappa shape index (κ1) is 18.3. The number of nitro benzene ring substituents is 1. The second-order valence-electron chi connectivity index (χ2n) is 6.71. The highest BCUT2D eigenvalue weighted by molar-refractivity contribution is 5.88. The Labute approximate surface area is 151 Å². The Hall–Kier alpha value is -2.48.